The lowest BCUT2D eigenvalue weighted by atomic mass is 9.89. The second-order valence-electron chi connectivity index (χ2n) is 8.57. The van der Waals surface area contributed by atoms with Crippen molar-refractivity contribution < 1.29 is 17.9 Å². The molecule has 8 heteroatoms. The molecule has 0 bridgehead atoms. The van der Waals surface area contributed by atoms with Crippen molar-refractivity contribution in [3.8, 4) is 5.75 Å². The summed E-state index contributed by atoms with van der Waals surface area (Å²) in [7, 11) is -3.65. The highest BCUT2D eigenvalue weighted by atomic mass is 32.2. The van der Waals surface area contributed by atoms with Crippen molar-refractivity contribution in [3.63, 3.8) is 0 Å². The molecule has 2 aromatic carbocycles. The summed E-state index contributed by atoms with van der Waals surface area (Å²) in [4.78, 5) is 18.9. The fraction of sp³-hybridized carbons (Fsp3) is 0.360. The number of urea groups is 1. The summed E-state index contributed by atoms with van der Waals surface area (Å²) < 4.78 is 31.3. The molecule has 3 aromatic rings. The Labute approximate surface area is 194 Å². The summed E-state index contributed by atoms with van der Waals surface area (Å²) in [6.07, 6.45) is 6.57. The zero-order valence-electron chi connectivity index (χ0n) is 18.7. The van der Waals surface area contributed by atoms with Gasteiger partial charge in [0.2, 0.25) is 10.0 Å². The van der Waals surface area contributed by atoms with E-state index in [0.29, 0.717) is 30.5 Å². The predicted octanol–water partition coefficient (Wildman–Crippen LogP) is 4.87. The van der Waals surface area contributed by atoms with Gasteiger partial charge in [0.25, 0.3) is 0 Å². The monoisotopic (exact) mass is 467 g/mol. The summed E-state index contributed by atoms with van der Waals surface area (Å²) in [5.74, 6) is 1.01. The second kappa shape index (κ2) is 10.2. The summed E-state index contributed by atoms with van der Waals surface area (Å²) in [5.41, 5.74) is 2.38. The minimum Gasteiger partial charge on any atom is -0.487 e. The number of carbonyl (C=O) groups is 1. The van der Waals surface area contributed by atoms with Crippen molar-refractivity contribution in [3.05, 3.63) is 66.4 Å². The van der Waals surface area contributed by atoms with Crippen LogP contribution < -0.4 is 14.4 Å². The average Bonchev–Trinajstić information content (AvgIpc) is 2.81. The Morgan fingerprint density at radius 2 is 1.76 bits per heavy atom. The van der Waals surface area contributed by atoms with E-state index in [1.165, 1.54) is 11.3 Å². The van der Waals surface area contributed by atoms with Crippen molar-refractivity contribution in [2.24, 2.45) is 5.92 Å². The van der Waals surface area contributed by atoms with Crippen LogP contribution in [0.1, 0.15) is 37.8 Å². The SMILES string of the molecule is CS(=O)(=O)NC(=O)N(CC1CCCCC1)c1ccc(OCc2ccc3ccccc3n2)cc1. The van der Waals surface area contributed by atoms with Crippen LogP contribution >= 0.6 is 0 Å². The molecule has 0 unspecified atom stereocenters. The van der Waals surface area contributed by atoms with E-state index in [2.05, 4.69) is 9.71 Å². The summed E-state index contributed by atoms with van der Waals surface area (Å²) >= 11 is 0. The lowest BCUT2D eigenvalue weighted by Crippen LogP contribution is -2.45. The van der Waals surface area contributed by atoms with Gasteiger partial charge in [0.1, 0.15) is 12.4 Å². The highest BCUT2D eigenvalue weighted by Crippen LogP contribution is 2.28. The first-order chi connectivity index (χ1) is 15.9. The van der Waals surface area contributed by atoms with Gasteiger partial charge >= 0.3 is 6.03 Å². The number of rotatable bonds is 7. The number of pyridine rings is 1. The molecule has 1 saturated carbocycles. The minimum atomic E-state index is -3.65. The highest BCUT2D eigenvalue weighted by Gasteiger charge is 2.24. The number of nitrogens with zero attached hydrogens (tertiary/aromatic N) is 2. The van der Waals surface area contributed by atoms with Gasteiger partial charge in [-0.15, -0.1) is 0 Å². The van der Waals surface area contributed by atoms with E-state index in [-0.39, 0.29) is 0 Å². The summed E-state index contributed by atoms with van der Waals surface area (Å²) in [6, 6.07) is 18.4. The molecule has 0 saturated heterocycles. The van der Waals surface area contributed by atoms with Gasteiger partial charge in [-0.05, 0) is 55.2 Å². The maximum absolute atomic E-state index is 12.7. The maximum atomic E-state index is 12.7. The van der Waals surface area contributed by atoms with Gasteiger partial charge in [0.05, 0.1) is 17.5 Å². The van der Waals surface area contributed by atoms with Crippen molar-refractivity contribution >= 4 is 32.6 Å². The van der Waals surface area contributed by atoms with Gasteiger partial charge in [0, 0.05) is 17.6 Å². The van der Waals surface area contributed by atoms with Gasteiger partial charge in [0.15, 0.2) is 0 Å². The molecule has 1 aliphatic rings. The molecule has 0 spiro atoms. The number of anilines is 1. The standard InChI is InChI=1S/C25H29N3O4S/c1-33(30,31)27-25(29)28(17-19-7-3-2-4-8-19)22-13-15-23(16-14-22)32-18-21-12-11-20-9-5-6-10-24(20)26-21/h5-6,9-16,19H,2-4,7-8,17-18H2,1H3,(H,27,29). The lowest BCUT2D eigenvalue weighted by molar-refractivity contribution is 0.248. The number of benzene rings is 2. The zero-order chi connectivity index (χ0) is 23.3. The number of para-hydroxylation sites is 1. The third-order valence-corrected chi connectivity index (χ3v) is 6.42. The van der Waals surface area contributed by atoms with Crippen LogP contribution in [0.25, 0.3) is 10.9 Å². The van der Waals surface area contributed by atoms with E-state index < -0.39 is 16.1 Å². The van der Waals surface area contributed by atoms with Gasteiger partial charge in [-0.1, -0.05) is 43.5 Å². The molecule has 33 heavy (non-hydrogen) atoms. The van der Waals surface area contributed by atoms with Gasteiger partial charge in [-0.3, -0.25) is 4.90 Å². The molecule has 0 radical (unpaired) electrons. The van der Waals surface area contributed by atoms with E-state index in [4.69, 9.17) is 4.74 Å². The molecule has 2 amide bonds. The van der Waals surface area contributed by atoms with E-state index in [1.54, 1.807) is 24.3 Å². The first-order valence-electron chi connectivity index (χ1n) is 11.2. The molecule has 1 heterocycles. The number of nitrogens with one attached hydrogen (secondary N) is 1. The van der Waals surface area contributed by atoms with Crippen LogP contribution in [-0.2, 0) is 16.6 Å². The lowest BCUT2D eigenvalue weighted by Gasteiger charge is -2.29. The quantitative estimate of drug-likeness (QED) is 0.536. The largest absolute Gasteiger partial charge is 0.487 e. The number of aromatic nitrogens is 1. The number of ether oxygens (including phenoxy) is 1. The average molecular weight is 468 g/mol. The van der Waals surface area contributed by atoms with Gasteiger partial charge in [-0.25, -0.2) is 22.9 Å². The van der Waals surface area contributed by atoms with Crippen molar-refractivity contribution in [2.75, 3.05) is 17.7 Å². The molecule has 7 nitrogen and oxygen atoms in total. The fourth-order valence-corrected chi connectivity index (χ4v) is 4.64. The molecule has 1 aliphatic carbocycles. The highest BCUT2D eigenvalue weighted by molar-refractivity contribution is 7.89. The van der Waals surface area contributed by atoms with Crippen LogP contribution in [0.15, 0.2) is 60.7 Å². The third-order valence-electron chi connectivity index (χ3n) is 5.87. The first kappa shape index (κ1) is 23.0. The number of hydrogen-bond acceptors (Lipinski definition) is 5. The van der Waals surface area contributed by atoms with Crippen molar-refractivity contribution in [1.82, 2.24) is 9.71 Å². The Kier molecular flexibility index (Phi) is 7.13. The van der Waals surface area contributed by atoms with Crippen LogP contribution in [0.3, 0.4) is 0 Å². The Morgan fingerprint density at radius 1 is 1.03 bits per heavy atom. The maximum Gasteiger partial charge on any atom is 0.335 e. The Bertz CT molecular complexity index is 1210. The van der Waals surface area contributed by atoms with Crippen LogP contribution in [0.2, 0.25) is 0 Å². The zero-order valence-corrected chi connectivity index (χ0v) is 19.6. The molecule has 1 aromatic heterocycles. The molecular formula is C25H29N3O4S. The van der Waals surface area contributed by atoms with E-state index in [0.717, 1.165) is 48.5 Å². The topological polar surface area (TPSA) is 88.6 Å². The van der Waals surface area contributed by atoms with Crippen LogP contribution in [0, 0.1) is 5.92 Å². The van der Waals surface area contributed by atoms with Gasteiger partial charge in [-0.2, -0.15) is 0 Å². The number of carbonyl (C=O) groups excluding carboxylic acids is 1. The smallest absolute Gasteiger partial charge is 0.335 e. The molecule has 174 valence electrons. The predicted molar refractivity (Wildman–Crippen MR) is 130 cm³/mol. The van der Waals surface area contributed by atoms with Crippen molar-refractivity contribution in [1.29, 1.82) is 0 Å². The number of hydrogen-bond donors (Lipinski definition) is 1. The molecule has 1 N–H and O–H groups in total. The Balaban J connectivity index is 1.45. The minimum absolute atomic E-state index is 0.324. The van der Waals surface area contributed by atoms with Crippen LogP contribution in [0.4, 0.5) is 10.5 Å². The van der Waals surface area contributed by atoms with E-state index in [9.17, 15) is 13.2 Å². The normalized spacial score (nSPS) is 14.7. The summed E-state index contributed by atoms with van der Waals surface area (Å²) in [6.45, 7) is 0.813. The molecule has 4 rings (SSSR count). The van der Waals surface area contributed by atoms with Crippen LogP contribution in [0.5, 0.6) is 5.75 Å². The van der Waals surface area contributed by atoms with Gasteiger partial charge < -0.3 is 4.74 Å². The molecule has 0 atom stereocenters. The van der Waals surface area contributed by atoms with E-state index in [1.807, 2.05) is 36.4 Å². The fourth-order valence-electron chi connectivity index (χ4n) is 4.22. The Morgan fingerprint density at radius 3 is 2.48 bits per heavy atom. The first-order valence-corrected chi connectivity index (χ1v) is 13.1. The second-order valence-corrected chi connectivity index (χ2v) is 10.3. The number of amides is 2. The third kappa shape index (κ3) is 6.44. The summed E-state index contributed by atoms with van der Waals surface area (Å²) in [5, 5.41) is 1.08. The van der Waals surface area contributed by atoms with Crippen molar-refractivity contribution in [2.45, 2.75) is 38.7 Å². The van der Waals surface area contributed by atoms with Crippen LogP contribution in [-0.4, -0.2) is 32.2 Å². The number of fused-ring (bicyclic) bond motifs is 1. The van der Waals surface area contributed by atoms with E-state index >= 15 is 0 Å². The molecule has 1 fully saturated rings. The molecular weight excluding hydrogens is 438 g/mol. The number of sulfonamides is 1. The molecule has 0 aliphatic heterocycles. The Hall–Kier alpha value is -3.13.